The van der Waals surface area contributed by atoms with Gasteiger partial charge in [-0.3, -0.25) is 19.3 Å². The lowest BCUT2D eigenvalue weighted by atomic mass is 9.98. The van der Waals surface area contributed by atoms with Crippen molar-refractivity contribution in [3.8, 4) is 0 Å². The van der Waals surface area contributed by atoms with Crippen molar-refractivity contribution in [3.63, 3.8) is 0 Å². The average Bonchev–Trinajstić information content (AvgIpc) is 2.77. The molecule has 9 nitrogen and oxygen atoms in total. The van der Waals surface area contributed by atoms with E-state index in [9.17, 15) is 19.2 Å². The first-order valence-electron chi connectivity index (χ1n) is 10.8. The van der Waals surface area contributed by atoms with Crippen LogP contribution in [0.25, 0.3) is 0 Å². The first-order chi connectivity index (χ1) is 15.7. The number of benzene rings is 2. The maximum absolute atomic E-state index is 13.5. The second-order valence-electron chi connectivity index (χ2n) is 8.33. The number of fused-ring (bicyclic) bond motifs is 1. The minimum Gasteiger partial charge on any atom is -0.480 e. The number of amides is 4. The summed E-state index contributed by atoms with van der Waals surface area (Å²) in [6.45, 7) is 5.02. The topological polar surface area (TPSA) is 128 Å². The summed E-state index contributed by atoms with van der Waals surface area (Å²) in [5.41, 5.74) is 1.81. The number of urea groups is 1. The summed E-state index contributed by atoms with van der Waals surface area (Å²) in [5.74, 6) is -2.33. The number of nitrogens with one attached hydrogen (secondary N) is 3. The van der Waals surface area contributed by atoms with Gasteiger partial charge in [-0.15, -0.1) is 0 Å². The number of carboxylic acids is 1. The van der Waals surface area contributed by atoms with Crippen LogP contribution >= 0.6 is 0 Å². The third-order valence-electron chi connectivity index (χ3n) is 5.44. The van der Waals surface area contributed by atoms with Gasteiger partial charge in [0.25, 0.3) is 0 Å². The van der Waals surface area contributed by atoms with E-state index in [1.165, 1.54) is 11.8 Å². The van der Waals surface area contributed by atoms with E-state index in [1.807, 2.05) is 44.2 Å². The van der Waals surface area contributed by atoms with Crippen LogP contribution in [0.1, 0.15) is 26.3 Å². The van der Waals surface area contributed by atoms with Gasteiger partial charge in [0.05, 0.1) is 11.4 Å². The molecule has 4 amide bonds. The Morgan fingerprint density at radius 3 is 2.27 bits per heavy atom. The molecule has 9 heteroatoms. The predicted octanol–water partition coefficient (Wildman–Crippen LogP) is 2.38. The molecular formula is C24H28N4O5. The molecule has 0 saturated carbocycles. The fourth-order valence-corrected chi connectivity index (χ4v) is 3.75. The summed E-state index contributed by atoms with van der Waals surface area (Å²) in [7, 11) is 0. The number of hydrogen-bond acceptors (Lipinski definition) is 4. The molecule has 33 heavy (non-hydrogen) atoms. The Morgan fingerprint density at radius 2 is 1.64 bits per heavy atom. The highest BCUT2D eigenvalue weighted by Crippen LogP contribution is 2.34. The van der Waals surface area contributed by atoms with Gasteiger partial charge in [0.1, 0.15) is 18.1 Å². The van der Waals surface area contributed by atoms with Gasteiger partial charge in [-0.05, 0) is 30.5 Å². The van der Waals surface area contributed by atoms with E-state index in [4.69, 9.17) is 5.11 Å². The van der Waals surface area contributed by atoms with Gasteiger partial charge in [-0.2, -0.15) is 0 Å². The number of rotatable bonds is 7. The summed E-state index contributed by atoms with van der Waals surface area (Å²) in [5, 5.41) is 17.1. The second kappa shape index (κ2) is 10.2. The Balaban J connectivity index is 1.91. The van der Waals surface area contributed by atoms with Crippen molar-refractivity contribution in [3.05, 3.63) is 60.2 Å². The molecule has 0 aromatic heterocycles. The van der Waals surface area contributed by atoms with Crippen molar-refractivity contribution < 1.29 is 24.3 Å². The molecule has 0 spiro atoms. The number of carbonyl (C=O) groups excluding carboxylic acids is 3. The lowest BCUT2D eigenvalue weighted by molar-refractivity contribution is -0.141. The molecule has 0 aliphatic carbocycles. The van der Waals surface area contributed by atoms with Gasteiger partial charge in [0, 0.05) is 6.42 Å². The molecule has 174 valence electrons. The van der Waals surface area contributed by atoms with Crippen LogP contribution in [0, 0.1) is 5.92 Å². The van der Waals surface area contributed by atoms with Crippen LogP contribution < -0.4 is 20.9 Å². The van der Waals surface area contributed by atoms with E-state index >= 15 is 0 Å². The van der Waals surface area contributed by atoms with Crippen LogP contribution in [0.15, 0.2) is 54.6 Å². The van der Waals surface area contributed by atoms with Crippen molar-refractivity contribution in [2.24, 2.45) is 5.92 Å². The quantitative estimate of drug-likeness (QED) is 0.513. The van der Waals surface area contributed by atoms with Crippen LogP contribution in [0.3, 0.4) is 0 Å². The van der Waals surface area contributed by atoms with Crippen LogP contribution in [-0.4, -0.2) is 47.0 Å². The largest absolute Gasteiger partial charge is 0.480 e. The molecule has 1 aliphatic rings. The fraction of sp³-hybridized carbons (Fsp3) is 0.333. The molecular weight excluding hydrogens is 424 g/mol. The smallest absolute Gasteiger partial charge is 0.325 e. The SMILES string of the molecule is CC(C)[C@H]1C(=O)Nc2ccccc2N1C(=O)N[C@@H](Cc1ccccc1)C(=O)N[C@H](C)C(=O)O. The third kappa shape index (κ3) is 5.49. The summed E-state index contributed by atoms with van der Waals surface area (Å²) >= 11 is 0. The molecule has 1 aliphatic heterocycles. The Morgan fingerprint density at radius 1 is 1.00 bits per heavy atom. The van der Waals surface area contributed by atoms with Crippen LogP contribution in [0.2, 0.25) is 0 Å². The number of hydrogen-bond donors (Lipinski definition) is 4. The molecule has 0 radical (unpaired) electrons. The Hall–Kier alpha value is -3.88. The highest BCUT2D eigenvalue weighted by atomic mass is 16.4. The van der Waals surface area contributed by atoms with E-state index < -0.39 is 36.0 Å². The van der Waals surface area contributed by atoms with Crippen LogP contribution in [0.4, 0.5) is 16.2 Å². The second-order valence-corrected chi connectivity index (χ2v) is 8.33. The molecule has 2 aromatic carbocycles. The third-order valence-corrected chi connectivity index (χ3v) is 5.44. The zero-order chi connectivity index (χ0) is 24.1. The normalized spacial score (nSPS) is 16.9. The van der Waals surface area contributed by atoms with Crippen molar-refractivity contribution in [2.75, 3.05) is 10.2 Å². The lowest BCUT2D eigenvalue weighted by Gasteiger charge is -2.39. The highest BCUT2D eigenvalue weighted by molar-refractivity contribution is 6.12. The zero-order valence-corrected chi connectivity index (χ0v) is 18.7. The summed E-state index contributed by atoms with van der Waals surface area (Å²) in [4.78, 5) is 51.8. The van der Waals surface area contributed by atoms with Crippen molar-refractivity contribution in [2.45, 2.75) is 45.3 Å². The summed E-state index contributed by atoms with van der Waals surface area (Å²) in [6.07, 6.45) is 0.152. The minimum absolute atomic E-state index is 0.152. The maximum atomic E-state index is 13.5. The first-order valence-corrected chi connectivity index (χ1v) is 10.8. The van der Waals surface area contributed by atoms with Gasteiger partial charge in [-0.1, -0.05) is 56.3 Å². The molecule has 0 saturated heterocycles. The van der Waals surface area contributed by atoms with E-state index in [1.54, 1.807) is 24.3 Å². The Kier molecular flexibility index (Phi) is 7.32. The van der Waals surface area contributed by atoms with Gasteiger partial charge in [0.15, 0.2) is 0 Å². The molecule has 3 rings (SSSR count). The van der Waals surface area contributed by atoms with Gasteiger partial charge in [0.2, 0.25) is 11.8 Å². The van der Waals surface area contributed by atoms with Gasteiger partial charge >= 0.3 is 12.0 Å². The monoisotopic (exact) mass is 452 g/mol. The Bertz CT molecular complexity index is 1040. The van der Waals surface area contributed by atoms with E-state index in [-0.39, 0.29) is 18.2 Å². The first kappa shape index (κ1) is 23.8. The molecule has 4 N–H and O–H groups in total. The number of carboxylic acid groups (broad SMARTS) is 1. The van der Waals surface area contributed by atoms with E-state index in [0.717, 1.165) is 5.56 Å². The molecule has 0 unspecified atom stereocenters. The predicted molar refractivity (Wildman–Crippen MR) is 124 cm³/mol. The number of anilines is 2. The van der Waals surface area contributed by atoms with Crippen molar-refractivity contribution >= 4 is 35.2 Å². The number of aliphatic carboxylic acids is 1. The van der Waals surface area contributed by atoms with Crippen LogP contribution in [0.5, 0.6) is 0 Å². The fourth-order valence-electron chi connectivity index (χ4n) is 3.75. The van der Waals surface area contributed by atoms with Crippen molar-refractivity contribution in [1.82, 2.24) is 10.6 Å². The number of carbonyl (C=O) groups is 4. The standard InChI is InChI=1S/C24H28N4O5/c1-14(2)20-22(30)26-17-11-7-8-12-19(17)28(20)24(33)27-18(13-16-9-5-4-6-10-16)21(29)25-15(3)23(31)32/h4-12,14-15,18,20H,13H2,1-3H3,(H,25,29)(H,26,30)(H,27,33)(H,31,32)/t15-,18+,20+/m1/s1. The zero-order valence-electron chi connectivity index (χ0n) is 18.7. The maximum Gasteiger partial charge on any atom is 0.325 e. The number of nitrogens with zero attached hydrogens (tertiary/aromatic N) is 1. The molecule has 2 aromatic rings. The lowest BCUT2D eigenvalue weighted by Crippen LogP contribution is -2.60. The Labute approximate surface area is 192 Å². The van der Waals surface area contributed by atoms with Gasteiger partial charge < -0.3 is 21.1 Å². The molecule has 3 atom stereocenters. The summed E-state index contributed by atoms with van der Waals surface area (Å²) in [6, 6.07) is 12.5. The van der Waals surface area contributed by atoms with Crippen LogP contribution in [-0.2, 0) is 20.8 Å². The molecule has 0 bridgehead atoms. The summed E-state index contributed by atoms with van der Waals surface area (Å²) < 4.78 is 0. The molecule has 1 heterocycles. The van der Waals surface area contributed by atoms with Gasteiger partial charge in [-0.25, -0.2) is 4.79 Å². The average molecular weight is 453 g/mol. The highest BCUT2D eigenvalue weighted by Gasteiger charge is 2.40. The minimum atomic E-state index is -1.19. The van der Waals surface area contributed by atoms with E-state index in [0.29, 0.717) is 11.4 Å². The van der Waals surface area contributed by atoms with E-state index in [2.05, 4.69) is 16.0 Å². The van der Waals surface area contributed by atoms with Crippen molar-refractivity contribution in [1.29, 1.82) is 0 Å². The number of para-hydroxylation sites is 2. The molecule has 0 fully saturated rings.